The summed E-state index contributed by atoms with van der Waals surface area (Å²) in [7, 11) is -2.16. The predicted molar refractivity (Wildman–Crippen MR) is 117 cm³/mol. The summed E-state index contributed by atoms with van der Waals surface area (Å²) >= 11 is 5.93. The van der Waals surface area contributed by atoms with E-state index in [9.17, 15) is 13.2 Å². The molecule has 0 aliphatic heterocycles. The second-order valence-electron chi connectivity index (χ2n) is 7.68. The fourth-order valence-electron chi connectivity index (χ4n) is 3.66. The van der Waals surface area contributed by atoms with Gasteiger partial charge >= 0.3 is 0 Å². The first-order valence-electron chi connectivity index (χ1n) is 9.81. The first-order chi connectivity index (χ1) is 13.7. The molecule has 2 aromatic carbocycles. The maximum Gasteiger partial charge on any atom is 0.264 e. The zero-order valence-electron chi connectivity index (χ0n) is 17.1. The molecule has 1 saturated carbocycles. The molecule has 0 spiro atoms. The van der Waals surface area contributed by atoms with Gasteiger partial charge in [0, 0.05) is 18.1 Å². The summed E-state index contributed by atoms with van der Waals surface area (Å²) < 4.78 is 28.1. The highest BCUT2D eigenvalue weighted by atomic mass is 35.5. The lowest BCUT2D eigenvalue weighted by molar-refractivity contribution is -0.130. The molecule has 5 nitrogen and oxygen atoms in total. The zero-order valence-corrected chi connectivity index (χ0v) is 18.6. The summed E-state index contributed by atoms with van der Waals surface area (Å²) in [5.41, 5.74) is 2.51. The van der Waals surface area contributed by atoms with E-state index in [4.69, 9.17) is 11.6 Å². The molecule has 1 amide bonds. The van der Waals surface area contributed by atoms with Crippen molar-refractivity contribution in [2.75, 3.05) is 17.9 Å². The van der Waals surface area contributed by atoms with Crippen molar-refractivity contribution in [3.05, 3.63) is 58.6 Å². The molecule has 1 aliphatic carbocycles. The van der Waals surface area contributed by atoms with Gasteiger partial charge in [-0.3, -0.25) is 9.10 Å². The highest BCUT2D eigenvalue weighted by Crippen LogP contribution is 2.28. The van der Waals surface area contributed by atoms with Crippen molar-refractivity contribution in [3.8, 4) is 0 Å². The fraction of sp³-hybridized carbons (Fsp3) is 0.409. The van der Waals surface area contributed by atoms with Crippen molar-refractivity contribution in [3.63, 3.8) is 0 Å². The Morgan fingerprint density at radius 3 is 2.24 bits per heavy atom. The molecule has 0 unspecified atom stereocenters. The molecule has 0 atom stereocenters. The number of rotatable bonds is 6. The maximum atomic E-state index is 13.4. The van der Waals surface area contributed by atoms with Crippen LogP contribution in [-0.4, -0.2) is 38.9 Å². The Balaban J connectivity index is 1.98. The number of hydrogen-bond donors (Lipinski definition) is 0. The normalized spacial score (nSPS) is 14.8. The number of carbonyl (C=O) groups is 1. The topological polar surface area (TPSA) is 57.7 Å². The van der Waals surface area contributed by atoms with E-state index in [1.807, 2.05) is 26.0 Å². The second-order valence-corrected chi connectivity index (χ2v) is 9.98. The lowest BCUT2D eigenvalue weighted by Crippen LogP contribution is -2.44. The van der Waals surface area contributed by atoms with Crippen LogP contribution >= 0.6 is 11.6 Å². The van der Waals surface area contributed by atoms with E-state index >= 15 is 0 Å². The molecule has 1 fully saturated rings. The van der Waals surface area contributed by atoms with Crippen molar-refractivity contribution in [1.29, 1.82) is 0 Å². The molecule has 0 saturated heterocycles. The largest absolute Gasteiger partial charge is 0.341 e. The van der Waals surface area contributed by atoms with Gasteiger partial charge in [-0.2, -0.15) is 0 Å². The molecular weight excluding hydrogens is 408 g/mol. The number of anilines is 1. The third-order valence-corrected chi connectivity index (χ3v) is 7.76. The minimum atomic E-state index is -3.93. The Labute approximate surface area is 178 Å². The molecule has 0 bridgehead atoms. The summed E-state index contributed by atoms with van der Waals surface area (Å²) in [4.78, 5) is 14.8. The van der Waals surface area contributed by atoms with Gasteiger partial charge in [0.15, 0.2) is 0 Å². The first kappa shape index (κ1) is 21.7. The van der Waals surface area contributed by atoms with E-state index in [0.717, 1.165) is 36.8 Å². The van der Waals surface area contributed by atoms with E-state index in [2.05, 4.69) is 0 Å². The molecular formula is C22H27ClN2O3S. The third kappa shape index (κ3) is 4.75. The predicted octanol–water partition coefficient (Wildman–Crippen LogP) is 4.55. The summed E-state index contributed by atoms with van der Waals surface area (Å²) in [6.45, 7) is 3.66. The quantitative estimate of drug-likeness (QED) is 0.669. The van der Waals surface area contributed by atoms with Crippen LogP contribution in [-0.2, 0) is 14.8 Å². The van der Waals surface area contributed by atoms with Crippen molar-refractivity contribution in [1.82, 2.24) is 4.90 Å². The van der Waals surface area contributed by atoms with E-state index in [-0.39, 0.29) is 23.4 Å². The van der Waals surface area contributed by atoms with Crippen LogP contribution in [0.5, 0.6) is 0 Å². The Bertz CT molecular complexity index is 984. The van der Waals surface area contributed by atoms with Crippen LogP contribution < -0.4 is 4.31 Å². The second kappa shape index (κ2) is 8.76. The van der Waals surface area contributed by atoms with Crippen molar-refractivity contribution in [2.45, 2.75) is 50.5 Å². The first-order valence-corrected chi connectivity index (χ1v) is 11.6. The standard InChI is InChI=1S/C22H27ClN2O3S/c1-16-8-11-20(14-17(16)2)25(15-22(26)24(3)19-6-4-5-7-19)29(27,28)21-12-9-18(23)10-13-21/h8-14,19H,4-7,15H2,1-3H3. The van der Waals surface area contributed by atoms with Crippen LogP contribution in [0.15, 0.2) is 47.4 Å². The number of amides is 1. The smallest absolute Gasteiger partial charge is 0.264 e. The summed E-state index contributed by atoms with van der Waals surface area (Å²) in [5.74, 6) is -0.201. The van der Waals surface area contributed by atoms with Gasteiger partial charge in [0.05, 0.1) is 10.6 Å². The van der Waals surface area contributed by atoms with Crippen LogP contribution in [0.4, 0.5) is 5.69 Å². The SMILES string of the molecule is Cc1ccc(N(CC(=O)N(C)C2CCCC2)S(=O)(=O)c2ccc(Cl)cc2)cc1C. The molecule has 29 heavy (non-hydrogen) atoms. The van der Waals surface area contributed by atoms with Crippen LogP contribution in [0.1, 0.15) is 36.8 Å². The van der Waals surface area contributed by atoms with Crippen LogP contribution in [0.2, 0.25) is 5.02 Å². The summed E-state index contributed by atoms with van der Waals surface area (Å²) in [6.07, 6.45) is 4.14. The van der Waals surface area contributed by atoms with Gasteiger partial charge in [-0.05, 0) is 74.2 Å². The van der Waals surface area contributed by atoms with Gasteiger partial charge in [-0.25, -0.2) is 8.42 Å². The van der Waals surface area contributed by atoms with Gasteiger partial charge < -0.3 is 4.90 Å². The number of halogens is 1. The molecule has 2 aromatic rings. The number of likely N-dealkylation sites (N-methyl/N-ethyl adjacent to an activating group) is 1. The Morgan fingerprint density at radius 2 is 1.66 bits per heavy atom. The van der Waals surface area contributed by atoms with Crippen molar-refractivity contribution in [2.24, 2.45) is 0 Å². The average molecular weight is 435 g/mol. The van der Waals surface area contributed by atoms with E-state index in [0.29, 0.717) is 10.7 Å². The highest BCUT2D eigenvalue weighted by molar-refractivity contribution is 7.92. The zero-order chi connectivity index (χ0) is 21.2. The Hall–Kier alpha value is -2.05. The van der Waals surface area contributed by atoms with Crippen molar-refractivity contribution < 1.29 is 13.2 Å². The minimum absolute atomic E-state index is 0.108. The molecule has 3 rings (SSSR count). The van der Waals surface area contributed by atoms with Gasteiger partial charge in [0.1, 0.15) is 6.54 Å². The lowest BCUT2D eigenvalue weighted by atomic mass is 10.1. The Kier molecular flexibility index (Phi) is 6.54. The molecule has 7 heteroatoms. The van der Waals surface area contributed by atoms with Crippen LogP contribution in [0, 0.1) is 13.8 Å². The third-order valence-electron chi connectivity index (χ3n) is 5.72. The van der Waals surface area contributed by atoms with E-state index in [1.165, 1.54) is 16.4 Å². The Morgan fingerprint density at radius 1 is 1.03 bits per heavy atom. The number of hydrogen-bond acceptors (Lipinski definition) is 3. The fourth-order valence-corrected chi connectivity index (χ4v) is 5.19. The monoisotopic (exact) mass is 434 g/mol. The number of benzene rings is 2. The molecule has 156 valence electrons. The van der Waals surface area contributed by atoms with Crippen LogP contribution in [0.3, 0.4) is 0 Å². The molecule has 1 aliphatic rings. The molecule has 0 N–H and O–H groups in total. The number of aryl methyl sites for hydroxylation is 2. The van der Waals surface area contributed by atoms with Gasteiger partial charge in [-0.1, -0.05) is 30.5 Å². The summed E-state index contributed by atoms with van der Waals surface area (Å²) in [5, 5.41) is 0.457. The summed E-state index contributed by atoms with van der Waals surface area (Å²) in [6, 6.07) is 11.6. The molecule has 0 radical (unpaired) electrons. The van der Waals surface area contributed by atoms with Gasteiger partial charge in [0.2, 0.25) is 5.91 Å². The average Bonchev–Trinajstić information content (AvgIpc) is 3.22. The van der Waals surface area contributed by atoms with E-state index < -0.39 is 10.0 Å². The van der Waals surface area contributed by atoms with Gasteiger partial charge in [0.25, 0.3) is 10.0 Å². The number of carbonyl (C=O) groups excluding carboxylic acids is 1. The van der Waals surface area contributed by atoms with E-state index in [1.54, 1.807) is 30.1 Å². The molecule has 0 heterocycles. The highest BCUT2D eigenvalue weighted by Gasteiger charge is 2.31. The van der Waals surface area contributed by atoms with Gasteiger partial charge in [-0.15, -0.1) is 0 Å². The maximum absolute atomic E-state index is 13.4. The number of sulfonamides is 1. The van der Waals surface area contributed by atoms with Crippen LogP contribution in [0.25, 0.3) is 0 Å². The lowest BCUT2D eigenvalue weighted by Gasteiger charge is -2.29. The minimum Gasteiger partial charge on any atom is -0.341 e. The van der Waals surface area contributed by atoms with Crippen molar-refractivity contribution >= 4 is 33.2 Å². The number of nitrogens with zero attached hydrogens (tertiary/aromatic N) is 2. The molecule has 0 aromatic heterocycles.